The van der Waals surface area contributed by atoms with Crippen LogP contribution in [0, 0.1) is 0 Å². The summed E-state index contributed by atoms with van der Waals surface area (Å²) in [5, 5.41) is 3.36. The minimum atomic E-state index is 0.385. The van der Waals surface area contributed by atoms with Gasteiger partial charge in [-0.05, 0) is 19.9 Å². The van der Waals surface area contributed by atoms with Crippen LogP contribution in [0.1, 0.15) is 19.5 Å². The van der Waals surface area contributed by atoms with Crippen LogP contribution in [0.2, 0.25) is 0 Å². The molecular weight excluding hydrogens is 266 g/mol. The van der Waals surface area contributed by atoms with Gasteiger partial charge in [0, 0.05) is 32.0 Å². The van der Waals surface area contributed by atoms with Gasteiger partial charge in [0.25, 0.3) is 0 Å². The lowest BCUT2D eigenvalue weighted by Crippen LogP contribution is -2.47. The van der Waals surface area contributed by atoms with E-state index in [2.05, 4.69) is 45.1 Å². The normalized spacial score (nSPS) is 17.4. The van der Waals surface area contributed by atoms with Crippen molar-refractivity contribution in [2.75, 3.05) is 19.3 Å². The van der Waals surface area contributed by atoms with Gasteiger partial charge in [-0.1, -0.05) is 0 Å². The Balaban J connectivity index is 2.02. The number of nitrogen functional groups attached to an aromatic ring is 1. The van der Waals surface area contributed by atoms with Gasteiger partial charge < -0.3 is 16.0 Å². The molecule has 0 aromatic carbocycles. The third-order valence-electron chi connectivity index (χ3n) is 3.58. The molecule has 3 N–H and O–H groups in total. The Morgan fingerprint density at radius 2 is 2.19 bits per heavy atom. The van der Waals surface area contributed by atoms with Gasteiger partial charge in [-0.3, -0.25) is 9.39 Å². The molecule has 110 valence electrons. The highest BCUT2D eigenvalue weighted by molar-refractivity contribution is 5.91. The Morgan fingerprint density at radius 3 is 2.90 bits per heavy atom. The summed E-state index contributed by atoms with van der Waals surface area (Å²) in [5.41, 5.74) is 8.44. The van der Waals surface area contributed by atoms with Crippen molar-refractivity contribution in [2.24, 2.45) is 4.99 Å². The van der Waals surface area contributed by atoms with Crippen molar-refractivity contribution in [3.05, 3.63) is 30.4 Å². The standard InChI is InChI=1S/C14H19N7/c1-9(2)20-6-4-10(19-14(20)16-3)11-8-18-13-12(15)17-5-7-21(11)13/h4-5,7-9H,6H2,1-3H3,(H2,15,17)(H,16,19). The Morgan fingerprint density at radius 1 is 1.38 bits per heavy atom. The van der Waals surface area contributed by atoms with E-state index in [0.717, 1.165) is 23.9 Å². The summed E-state index contributed by atoms with van der Waals surface area (Å²) >= 11 is 0. The molecule has 0 bridgehead atoms. The molecule has 0 unspecified atom stereocenters. The average Bonchev–Trinajstić information content (AvgIpc) is 2.92. The first-order chi connectivity index (χ1) is 10.1. The fourth-order valence-electron chi connectivity index (χ4n) is 2.47. The lowest BCUT2D eigenvalue weighted by Gasteiger charge is -2.33. The number of guanidine groups is 1. The Bertz CT molecular complexity index is 726. The highest BCUT2D eigenvalue weighted by Gasteiger charge is 2.21. The van der Waals surface area contributed by atoms with Crippen molar-refractivity contribution < 1.29 is 0 Å². The molecule has 2 aromatic rings. The maximum Gasteiger partial charge on any atom is 0.198 e. The van der Waals surface area contributed by atoms with Gasteiger partial charge in [0.05, 0.1) is 17.6 Å². The first-order valence-corrected chi connectivity index (χ1v) is 6.90. The number of aromatic nitrogens is 3. The van der Waals surface area contributed by atoms with Gasteiger partial charge in [-0.15, -0.1) is 0 Å². The summed E-state index contributed by atoms with van der Waals surface area (Å²) in [6.07, 6.45) is 7.46. The lowest BCUT2D eigenvalue weighted by atomic mass is 10.2. The van der Waals surface area contributed by atoms with Crippen molar-refractivity contribution in [3.63, 3.8) is 0 Å². The van der Waals surface area contributed by atoms with Crippen LogP contribution in [0.5, 0.6) is 0 Å². The predicted octanol–water partition coefficient (Wildman–Crippen LogP) is 0.952. The number of fused-ring (bicyclic) bond motifs is 1. The highest BCUT2D eigenvalue weighted by atomic mass is 15.3. The van der Waals surface area contributed by atoms with Crippen molar-refractivity contribution in [2.45, 2.75) is 19.9 Å². The van der Waals surface area contributed by atoms with Crippen LogP contribution in [-0.2, 0) is 0 Å². The van der Waals surface area contributed by atoms with E-state index in [-0.39, 0.29) is 0 Å². The number of rotatable bonds is 2. The molecule has 2 aromatic heterocycles. The molecule has 3 rings (SSSR count). The number of nitrogens with zero attached hydrogens (tertiary/aromatic N) is 5. The monoisotopic (exact) mass is 285 g/mol. The number of nitrogens with one attached hydrogen (secondary N) is 1. The molecule has 7 heteroatoms. The fraction of sp³-hybridized carbons (Fsp3) is 0.357. The average molecular weight is 285 g/mol. The van der Waals surface area contributed by atoms with E-state index >= 15 is 0 Å². The van der Waals surface area contributed by atoms with E-state index in [9.17, 15) is 0 Å². The maximum atomic E-state index is 5.85. The Labute approximate surface area is 123 Å². The van der Waals surface area contributed by atoms with Gasteiger partial charge in [0.15, 0.2) is 17.4 Å². The summed E-state index contributed by atoms with van der Waals surface area (Å²) in [5.74, 6) is 1.29. The summed E-state index contributed by atoms with van der Waals surface area (Å²) in [6.45, 7) is 5.10. The zero-order valence-electron chi connectivity index (χ0n) is 12.4. The van der Waals surface area contributed by atoms with Crippen LogP contribution < -0.4 is 11.1 Å². The summed E-state index contributed by atoms with van der Waals surface area (Å²) in [7, 11) is 1.79. The summed E-state index contributed by atoms with van der Waals surface area (Å²) in [6, 6.07) is 0.385. The molecular formula is C14H19N7. The van der Waals surface area contributed by atoms with Crippen molar-refractivity contribution >= 4 is 23.1 Å². The van der Waals surface area contributed by atoms with Crippen LogP contribution in [0.3, 0.4) is 0 Å². The largest absolute Gasteiger partial charge is 0.381 e. The van der Waals surface area contributed by atoms with E-state index in [1.165, 1.54) is 0 Å². The summed E-state index contributed by atoms with van der Waals surface area (Å²) in [4.78, 5) is 14.9. The zero-order valence-corrected chi connectivity index (χ0v) is 12.4. The number of hydrogen-bond donors (Lipinski definition) is 2. The minimum absolute atomic E-state index is 0.385. The van der Waals surface area contributed by atoms with Gasteiger partial charge in [-0.2, -0.15) is 0 Å². The lowest BCUT2D eigenvalue weighted by molar-refractivity contribution is 0.368. The number of hydrogen-bond acceptors (Lipinski definition) is 4. The third-order valence-corrected chi connectivity index (χ3v) is 3.58. The third kappa shape index (κ3) is 2.20. The van der Waals surface area contributed by atoms with Gasteiger partial charge >= 0.3 is 0 Å². The first-order valence-electron chi connectivity index (χ1n) is 6.90. The van der Waals surface area contributed by atoms with E-state index in [0.29, 0.717) is 17.5 Å². The van der Waals surface area contributed by atoms with Crippen LogP contribution in [-0.4, -0.2) is 44.9 Å². The molecule has 7 nitrogen and oxygen atoms in total. The molecule has 0 spiro atoms. The second-order valence-corrected chi connectivity index (χ2v) is 5.19. The molecule has 0 radical (unpaired) electrons. The van der Waals surface area contributed by atoms with Gasteiger partial charge in [0.1, 0.15) is 0 Å². The van der Waals surface area contributed by atoms with Gasteiger partial charge in [0.2, 0.25) is 0 Å². The molecule has 0 atom stereocenters. The highest BCUT2D eigenvalue weighted by Crippen LogP contribution is 2.20. The van der Waals surface area contributed by atoms with Crippen LogP contribution in [0.15, 0.2) is 29.7 Å². The second kappa shape index (κ2) is 5.08. The van der Waals surface area contributed by atoms with Crippen LogP contribution in [0.25, 0.3) is 11.3 Å². The second-order valence-electron chi connectivity index (χ2n) is 5.19. The molecule has 0 amide bonds. The van der Waals surface area contributed by atoms with Crippen molar-refractivity contribution in [3.8, 4) is 0 Å². The molecule has 0 saturated heterocycles. The number of anilines is 1. The Kier molecular flexibility index (Phi) is 3.25. The van der Waals surface area contributed by atoms with Crippen molar-refractivity contribution in [1.29, 1.82) is 0 Å². The first kappa shape index (κ1) is 13.4. The van der Waals surface area contributed by atoms with Gasteiger partial charge in [-0.25, -0.2) is 9.97 Å². The zero-order chi connectivity index (χ0) is 15.0. The topological polar surface area (TPSA) is 83.8 Å². The van der Waals surface area contributed by atoms with E-state index in [1.807, 2.05) is 10.6 Å². The Hall–Kier alpha value is -2.57. The van der Waals surface area contributed by atoms with E-state index in [1.54, 1.807) is 19.4 Å². The molecule has 0 fully saturated rings. The molecule has 1 aliphatic heterocycles. The molecule has 21 heavy (non-hydrogen) atoms. The molecule has 3 heterocycles. The quantitative estimate of drug-likeness (QED) is 0.858. The van der Waals surface area contributed by atoms with Crippen LogP contribution >= 0.6 is 0 Å². The SMILES string of the molecule is CN=C1NC(c2cnc3c(N)nccn23)=CCN1C(C)C. The number of nitrogens with two attached hydrogens (primary N) is 1. The number of aliphatic imine (C=N–C) groups is 1. The molecule has 0 aliphatic carbocycles. The fourth-order valence-corrected chi connectivity index (χ4v) is 2.47. The smallest absolute Gasteiger partial charge is 0.198 e. The molecule has 0 saturated carbocycles. The van der Waals surface area contributed by atoms with E-state index < -0.39 is 0 Å². The maximum absolute atomic E-state index is 5.85. The number of imidazole rings is 1. The molecule has 1 aliphatic rings. The van der Waals surface area contributed by atoms with Crippen molar-refractivity contribution in [1.82, 2.24) is 24.6 Å². The van der Waals surface area contributed by atoms with E-state index in [4.69, 9.17) is 5.73 Å². The minimum Gasteiger partial charge on any atom is -0.381 e. The predicted molar refractivity (Wildman–Crippen MR) is 83.7 cm³/mol. The van der Waals surface area contributed by atoms with Crippen LogP contribution in [0.4, 0.5) is 5.82 Å². The summed E-state index contributed by atoms with van der Waals surface area (Å²) < 4.78 is 1.93.